The molecule has 18 heavy (non-hydrogen) atoms. The molecule has 1 unspecified atom stereocenters. The summed E-state index contributed by atoms with van der Waals surface area (Å²) < 4.78 is 0. The van der Waals surface area contributed by atoms with Gasteiger partial charge in [-0.2, -0.15) is 0 Å². The lowest BCUT2D eigenvalue weighted by Gasteiger charge is -2.35. The predicted molar refractivity (Wildman–Crippen MR) is 65.4 cm³/mol. The van der Waals surface area contributed by atoms with Gasteiger partial charge in [0, 0.05) is 19.2 Å². The van der Waals surface area contributed by atoms with Gasteiger partial charge in [-0.25, -0.2) is 9.97 Å². The van der Waals surface area contributed by atoms with E-state index in [-0.39, 0.29) is 18.3 Å². The maximum atomic E-state index is 10.5. The minimum atomic E-state index is -0.509. The largest absolute Gasteiger partial charge is 0.396 e. The maximum Gasteiger partial charge on any atom is 0.305 e. The second-order valence-corrected chi connectivity index (χ2v) is 4.35. The second-order valence-electron chi connectivity index (χ2n) is 4.35. The van der Waals surface area contributed by atoms with Crippen molar-refractivity contribution in [3.8, 4) is 0 Å². The molecule has 2 rings (SSSR count). The minimum Gasteiger partial charge on any atom is -0.396 e. The van der Waals surface area contributed by atoms with E-state index >= 15 is 0 Å². The van der Waals surface area contributed by atoms with Crippen LogP contribution < -0.4 is 4.90 Å². The summed E-state index contributed by atoms with van der Waals surface area (Å²) in [5.41, 5.74) is -0.102. The Morgan fingerprint density at radius 1 is 1.44 bits per heavy atom. The third kappa shape index (κ3) is 2.73. The van der Waals surface area contributed by atoms with Gasteiger partial charge in [-0.1, -0.05) is 0 Å². The molecular weight excluding hydrogens is 236 g/mol. The van der Waals surface area contributed by atoms with E-state index < -0.39 is 4.92 Å². The van der Waals surface area contributed by atoms with E-state index in [4.69, 9.17) is 5.11 Å². The topological polar surface area (TPSA) is 92.4 Å². The zero-order valence-electron chi connectivity index (χ0n) is 10.0. The van der Waals surface area contributed by atoms with Crippen molar-refractivity contribution in [2.24, 2.45) is 0 Å². The molecule has 1 aliphatic rings. The summed E-state index contributed by atoms with van der Waals surface area (Å²) in [6.07, 6.45) is 6.33. The van der Waals surface area contributed by atoms with E-state index in [2.05, 4.69) is 9.97 Å². The van der Waals surface area contributed by atoms with Crippen LogP contribution in [0.5, 0.6) is 0 Å². The van der Waals surface area contributed by atoms with Crippen LogP contribution in [0.25, 0.3) is 0 Å². The van der Waals surface area contributed by atoms with Crippen molar-refractivity contribution in [1.29, 1.82) is 0 Å². The molecule has 0 amide bonds. The van der Waals surface area contributed by atoms with Crippen LogP contribution in [-0.4, -0.2) is 39.2 Å². The molecule has 98 valence electrons. The van der Waals surface area contributed by atoms with Gasteiger partial charge in [-0.15, -0.1) is 0 Å². The lowest BCUT2D eigenvalue weighted by molar-refractivity contribution is -0.385. The fourth-order valence-electron chi connectivity index (χ4n) is 2.27. The van der Waals surface area contributed by atoms with E-state index in [9.17, 15) is 10.1 Å². The Hall–Kier alpha value is -1.76. The van der Waals surface area contributed by atoms with Crippen LogP contribution in [-0.2, 0) is 0 Å². The number of anilines is 1. The standard InChI is InChI=1S/C11H16N4O3/c16-6-4-9-3-1-2-5-14(9)11-12-7-10(8-13-11)15(17)18/h7-9,16H,1-6H2. The van der Waals surface area contributed by atoms with Crippen molar-refractivity contribution in [3.63, 3.8) is 0 Å². The van der Waals surface area contributed by atoms with Gasteiger partial charge in [0.2, 0.25) is 5.95 Å². The van der Waals surface area contributed by atoms with Crippen LogP contribution in [0.2, 0.25) is 0 Å². The molecule has 1 atom stereocenters. The smallest absolute Gasteiger partial charge is 0.305 e. The average molecular weight is 252 g/mol. The molecule has 1 N–H and O–H groups in total. The first-order chi connectivity index (χ1) is 8.72. The molecule has 0 spiro atoms. The van der Waals surface area contributed by atoms with Crippen molar-refractivity contribution in [2.75, 3.05) is 18.1 Å². The molecule has 0 saturated carbocycles. The van der Waals surface area contributed by atoms with Crippen LogP contribution in [0.1, 0.15) is 25.7 Å². The summed E-state index contributed by atoms with van der Waals surface area (Å²) in [7, 11) is 0. The SMILES string of the molecule is O=[N+]([O-])c1cnc(N2CCCCC2CCO)nc1. The van der Waals surface area contributed by atoms with Gasteiger partial charge < -0.3 is 10.0 Å². The van der Waals surface area contributed by atoms with E-state index in [0.29, 0.717) is 12.4 Å². The van der Waals surface area contributed by atoms with Gasteiger partial charge in [0.15, 0.2) is 0 Å². The van der Waals surface area contributed by atoms with Crippen LogP contribution in [0, 0.1) is 10.1 Å². The number of hydrogen-bond acceptors (Lipinski definition) is 6. The molecule has 7 nitrogen and oxygen atoms in total. The Kier molecular flexibility index (Phi) is 4.03. The molecule has 0 radical (unpaired) electrons. The van der Waals surface area contributed by atoms with E-state index in [1.807, 2.05) is 4.90 Å². The monoisotopic (exact) mass is 252 g/mol. The molecule has 7 heteroatoms. The van der Waals surface area contributed by atoms with Crippen molar-refractivity contribution in [3.05, 3.63) is 22.5 Å². The summed E-state index contributed by atoms with van der Waals surface area (Å²) in [6, 6.07) is 0.227. The van der Waals surface area contributed by atoms with Gasteiger partial charge in [-0.3, -0.25) is 10.1 Å². The molecule has 2 heterocycles. The van der Waals surface area contributed by atoms with Crippen molar-refractivity contribution in [1.82, 2.24) is 9.97 Å². The minimum absolute atomic E-state index is 0.102. The van der Waals surface area contributed by atoms with Crippen molar-refractivity contribution < 1.29 is 10.0 Å². The third-order valence-corrected chi connectivity index (χ3v) is 3.18. The Bertz CT molecular complexity index is 407. The molecule has 0 bridgehead atoms. The fraction of sp³-hybridized carbons (Fsp3) is 0.636. The van der Waals surface area contributed by atoms with Crippen molar-refractivity contribution in [2.45, 2.75) is 31.7 Å². The molecular formula is C11H16N4O3. The van der Waals surface area contributed by atoms with Gasteiger partial charge in [0.05, 0.1) is 4.92 Å². The lowest BCUT2D eigenvalue weighted by Crippen LogP contribution is -2.41. The van der Waals surface area contributed by atoms with Gasteiger partial charge in [-0.05, 0) is 25.7 Å². The Morgan fingerprint density at radius 3 is 2.78 bits per heavy atom. The van der Waals surface area contributed by atoms with Crippen LogP contribution >= 0.6 is 0 Å². The number of aliphatic hydroxyl groups is 1. The van der Waals surface area contributed by atoms with Gasteiger partial charge in [0.1, 0.15) is 12.4 Å². The van der Waals surface area contributed by atoms with Crippen LogP contribution in [0.3, 0.4) is 0 Å². The maximum absolute atomic E-state index is 10.5. The van der Waals surface area contributed by atoms with Crippen LogP contribution in [0.15, 0.2) is 12.4 Å². The summed E-state index contributed by atoms with van der Waals surface area (Å²) >= 11 is 0. The molecule has 1 saturated heterocycles. The number of hydrogen-bond donors (Lipinski definition) is 1. The first kappa shape index (κ1) is 12.7. The Balaban J connectivity index is 2.15. The molecule has 0 aliphatic carbocycles. The summed E-state index contributed by atoms with van der Waals surface area (Å²) in [6.45, 7) is 0.969. The molecule has 1 aromatic rings. The number of nitrogens with zero attached hydrogens (tertiary/aromatic N) is 4. The summed E-state index contributed by atoms with van der Waals surface area (Å²) in [4.78, 5) is 20.2. The highest BCUT2D eigenvalue weighted by atomic mass is 16.6. The lowest BCUT2D eigenvalue weighted by atomic mass is 10.0. The van der Waals surface area contributed by atoms with Crippen LogP contribution in [0.4, 0.5) is 11.6 Å². The number of nitro groups is 1. The number of aromatic nitrogens is 2. The van der Waals surface area contributed by atoms with E-state index in [1.165, 1.54) is 12.4 Å². The van der Waals surface area contributed by atoms with Gasteiger partial charge in [0.25, 0.3) is 0 Å². The molecule has 1 fully saturated rings. The highest BCUT2D eigenvalue weighted by molar-refractivity contribution is 5.35. The first-order valence-electron chi connectivity index (χ1n) is 6.06. The van der Waals surface area contributed by atoms with Crippen molar-refractivity contribution >= 4 is 11.6 Å². The normalized spacial score (nSPS) is 19.8. The summed E-state index contributed by atoms with van der Waals surface area (Å²) in [5.74, 6) is 0.513. The number of rotatable bonds is 4. The quantitative estimate of drug-likeness (QED) is 0.637. The fourth-order valence-corrected chi connectivity index (χ4v) is 2.27. The first-order valence-corrected chi connectivity index (χ1v) is 6.06. The zero-order valence-corrected chi connectivity index (χ0v) is 10.0. The Labute approximate surface area is 105 Å². The molecule has 0 aromatic carbocycles. The highest BCUT2D eigenvalue weighted by Crippen LogP contribution is 2.24. The molecule has 1 aliphatic heterocycles. The highest BCUT2D eigenvalue weighted by Gasteiger charge is 2.24. The van der Waals surface area contributed by atoms with Gasteiger partial charge >= 0.3 is 5.69 Å². The van der Waals surface area contributed by atoms with E-state index in [0.717, 1.165) is 25.8 Å². The third-order valence-electron chi connectivity index (χ3n) is 3.18. The molecule has 1 aromatic heterocycles. The summed E-state index contributed by atoms with van der Waals surface area (Å²) in [5, 5.41) is 19.6. The number of piperidine rings is 1. The zero-order chi connectivity index (χ0) is 13.0. The second kappa shape index (κ2) is 5.72. The predicted octanol–water partition coefficient (Wildman–Crippen LogP) is 1.13. The Morgan fingerprint density at radius 2 is 2.17 bits per heavy atom. The average Bonchev–Trinajstić information content (AvgIpc) is 2.40. The number of aliphatic hydroxyl groups excluding tert-OH is 1. The van der Waals surface area contributed by atoms with E-state index in [1.54, 1.807) is 0 Å².